The molecule has 0 amide bonds. The number of fused-ring (bicyclic) bond motifs is 7. The first-order chi connectivity index (χ1) is 46.0. The van der Waals surface area contributed by atoms with Gasteiger partial charge in [-0.3, -0.25) is 4.79 Å². The fraction of sp³-hybridized carbons (Fsp3) is 0.953. The van der Waals surface area contributed by atoms with Crippen LogP contribution >= 0.6 is 0 Å². The molecule has 6 aliphatic heterocycles. The number of hydrogen-bond acceptors (Lipinski definition) is 34. The smallest absolute Gasteiger partial charge is 0.317 e. The van der Waals surface area contributed by atoms with Gasteiger partial charge in [0.15, 0.2) is 37.6 Å². The number of aliphatic hydroxyl groups is 21. The Morgan fingerprint density at radius 3 is 1.60 bits per heavy atom. The monoisotopic (exact) mass is 1420 g/mol. The fourth-order valence-electron chi connectivity index (χ4n) is 19.0. The summed E-state index contributed by atoms with van der Waals surface area (Å²) in [6.45, 7) is 7.00. The minimum Gasteiger partial charge on any atom is -0.432 e. The van der Waals surface area contributed by atoms with E-state index in [9.17, 15) is 107 Å². The predicted molar refractivity (Wildman–Crippen MR) is 320 cm³/mol. The normalized spacial score (nSPS) is 54.1. The molecule has 0 aromatic rings. The summed E-state index contributed by atoms with van der Waals surface area (Å²) in [6.07, 6.45) is -48.7. The van der Waals surface area contributed by atoms with Gasteiger partial charge in [0, 0.05) is 5.41 Å². The third-order valence-electron chi connectivity index (χ3n) is 25.0. The van der Waals surface area contributed by atoms with E-state index in [1.807, 2.05) is 6.92 Å². The molecule has 0 bridgehead atoms. The molecule has 0 aromatic heterocycles. The van der Waals surface area contributed by atoms with Crippen molar-refractivity contribution in [2.45, 2.75) is 283 Å². The summed E-state index contributed by atoms with van der Waals surface area (Å²) in [7, 11) is 0. The molecule has 11 rings (SSSR count). The van der Waals surface area contributed by atoms with Crippen LogP contribution in [0.2, 0.25) is 0 Å². The molecule has 21 N–H and O–H groups in total. The Kier molecular flexibility index (Phi) is 22.8. The summed E-state index contributed by atoms with van der Waals surface area (Å²) >= 11 is 0. The Morgan fingerprint density at radius 2 is 1.01 bits per heavy atom. The van der Waals surface area contributed by atoms with Crippen LogP contribution in [0.5, 0.6) is 0 Å². The molecular weight excluding hydrogens is 1310 g/mol. The van der Waals surface area contributed by atoms with Gasteiger partial charge >= 0.3 is 5.97 Å². The van der Waals surface area contributed by atoms with Crippen LogP contribution in [-0.2, 0) is 61.6 Å². The lowest BCUT2D eigenvalue weighted by Crippen LogP contribution is -2.71. The number of carbonyl (C=O) groups is 1. The molecule has 0 radical (unpaired) electrons. The van der Waals surface area contributed by atoms with Gasteiger partial charge in [-0.2, -0.15) is 0 Å². The van der Waals surface area contributed by atoms with E-state index in [0.29, 0.717) is 32.1 Å². The maximum Gasteiger partial charge on any atom is 0.317 e. The van der Waals surface area contributed by atoms with Gasteiger partial charge in [0.25, 0.3) is 0 Å². The Balaban J connectivity index is 0.788. The van der Waals surface area contributed by atoms with Crippen molar-refractivity contribution in [1.29, 1.82) is 0 Å². The lowest BCUT2D eigenvalue weighted by atomic mass is 9.33. The Labute approximate surface area is 564 Å². The van der Waals surface area contributed by atoms with Crippen molar-refractivity contribution in [2.75, 3.05) is 46.2 Å². The highest BCUT2D eigenvalue weighted by molar-refractivity contribution is 5.80. The number of ether oxygens (including phenoxy) is 12. The molecule has 98 heavy (non-hydrogen) atoms. The zero-order valence-electron chi connectivity index (χ0n) is 55.5. The molecule has 564 valence electrons. The van der Waals surface area contributed by atoms with Crippen molar-refractivity contribution in [2.24, 2.45) is 50.2 Å². The van der Waals surface area contributed by atoms with Crippen LogP contribution < -0.4 is 0 Å². The summed E-state index contributed by atoms with van der Waals surface area (Å²) in [6, 6.07) is 0. The fourth-order valence-corrected chi connectivity index (χ4v) is 19.0. The van der Waals surface area contributed by atoms with E-state index in [4.69, 9.17) is 56.8 Å². The molecule has 11 aliphatic rings. The van der Waals surface area contributed by atoms with E-state index in [0.717, 1.165) is 5.57 Å². The van der Waals surface area contributed by atoms with Crippen molar-refractivity contribution in [3.8, 4) is 0 Å². The number of rotatable bonds is 17. The molecular formula is C64H104O34. The molecule has 0 unspecified atom stereocenters. The van der Waals surface area contributed by atoms with Crippen LogP contribution in [0.15, 0.2) is 11.6 Å². The number of hydrogen-bond donors (Lipinski definition) is 21. The second-order valence-corrected chi connectivity index (χ2v) is 31.1. The lowest BCUT2D eigenvalue weighted by Gasteiger charge is -2.72. The maximum atomic E-state index is 15.5. The van der Waals surface area contributed by atoms with Crippen LogP contribution in [0.25, 0.3) is 0 Å². The minimum atomic E-state index is -2.02. The first kappa shape index (κ1) is 77.0. The average Bonchev–Trinajstić information content (AvgIpc) is 0.669. The highest BCUT2D eigenvalue weighted by atomic mass is 16.8. The van der Waals surface area contributed by atoms with Gasteiger partial charge in [0.1, 0.15) is 127 Å². The SMILES string of the molecule is C[C@@H]1O[C@@H](O[C@H]2[C@H](OC(=O)[C@]34CCC(C)(C)C[C@H]3C3=CC[C@@H]5[C@@]6(C)C[C@H](O)[C@H](O[C@@H]7O[C@H](CO[C@@H]8O[C@H](CO[C@@H]9O[C@H](CO)[C@@H](O)[C@H](O)[C@H]9O)[C@@H](O)[C@H](O)[C@H]8O)[C@@H](O)[C@H](O)[C@H]7O)C(CO)(CO)[C@@H]6CC[C@@]5(C)[C@]3(C)C[C@H]4O)OC[C@H](O)[C@@H]2O)[C@H](O)[C@H](O)[C@H]1O[C@@H]1OC[C@@H](O)[C@H](O)[C@H]1O. The van der Waals surface area contributed by atoms with Gasteiger partial charge in [-0.15, -0.1) is 0 Å². The zero-order valence-corrected chi connectivity index (χ0v) is 55.5. The van der Waals surface area contributed by atoms with Gasteiger partial charge < -0.3 is 164 Å². The Hall–Kier alpha value is -2.07. The lowest BCUT2D eigenvalue weighted by molar-refractivity contribution is -0.369. The molecule has 0 aromatic carbocycles. The first-order valence-electron chi connectivity index (χ1n) is 34.0. The van der Waals surface area contributed by atoms with Crippen molar-refractivity contribution < 1.29 is 169 Å². The Bertz CT molecular complexity index is 2750. The summed E-state index contributed by atoms with van der Waals surface area (Å²) in [4.78, 5) is 15.5. The van der Waals surface area contributed by atoms with Crippen LogP contribution in [0, 0.1) is 50.2 Å². The standard InChI is InChI=1S/C64H104O34/c1-23-49(95-54-44(81)35(72)27(69)17-87-54)43(80)48(85)55(91-23)96-50-36(73)28(70)18-88-57(50)98-58(86)64-12-11-59(2,3)13-25(64)24-7-8-32-60(4)14-26(68)51(63(21-66,22-67)33(60)9-10-61(32,5)62(24,6)15-34(64)71)97-56-47(84)42(79)39(76)31(94-56)20-90-53-46(83)41(78)38(75)30(93-53)19-89-52-45(82)40(77)37(74)29(16-65)92-52/h7,23,25-57,65-85H,8-22H2,1-6H3/t23-,25-,26-,27+,28-,29+,30+,31+,32+,33+,34+,35-,36-,37+,38+,39+,40-,41-,42-,43-,44+,45+,46+,47+,48+,49-,50+,51-,52+,53+,54-,55-,56-,57-,60+,61+,62+,64+/m0/s1. The topological polar surface area (TPSA) is 553 Å². The van der Waals surface area contributed by atoms with E-state index in [1.54, 1.807) is 0 Å². The molecule has 34 heteroatoms. The quantitative estimate of drug-likeness (QED) is 0.0365. The minimum absolute atomic E-state index is 0.0115. The van der Waals surface area contributed by atoms with Gasteiger partial charge in [0.2, 0.25) is 6.29 Å². The molecule has 34 nitrogen and oxygen atoms in total. The largest absolute Gasteiger partial charge is 0.432 e. The summed E-state index contributed by atoms with van der Waals surface area (Å²) in [5.41, 5.74) is -5.34. The molecule has 6 saturated heterocycles. The number of carbonyl (C=O) groups excluding carboxylic acids is 1. The van der Waals surface area contributed by atoms with E-state index >= 15 is 4.79 Å². The molecule has 5 aliphatic carbocycles. The third kappa shape index (κ3) is 13.0. The van der Waals surface area contributed by atoms with Gasteiger partial charge in [0.05, 0.1) is 70.7 Å². The molecule has 0 spiro atoms. The predicted octanol–water partition coefficient (Wildman–Crippen LogP) is -8.19. The second kappa shape index (κ2) is 29.0. The molecule has 4 saturated carbocycles. The van der Waals surface area contributed by atoms with Gasteiger partial charge in [-0.1, -0.05) is 46.3 Å². The Morgan fingerprint density at radius 1 is 0.500 bits per heavy atom. The van der Waals surface area contributed by atoms with Crippen LogP contribution in [0.4, 0.5) is 0 Å². The molecule has 38 atom stereocenters. The van der Waals surface area contributed by atoms with Crippen molar-refractivity contribution >= 4 is 5.97 Å². The van der Waals surface area contributed by atoms with Crippen molar-refractivity contribution in [3.05, 3.63) is 11.6 Å². The first-order valence-corrected chi connectivity index (χ1v) is 34.0. The molecule has 6 heterocycles. The number of esters is 1. The highest BCUT2D eigenvalue weighted by Gasteiger charge is 2.74. The van der Waals surface area contributed by atoms with Crippen molar-refractivity contribution in [1.82, 2.24) is 0 Å². The van der Waals surface area contributed by atoms with E-state index in [1.165, 1.54) is 6.92 Å². The van der Waals surface area contributed by atoms with Gasteiger partial charge in [-0.25, -0.2) is 0 Å². The van der Waals surface area contributed by atoms with Crippen LogP contribution in [0.1, 0.15) is 92.9 Å². The summed E-state index contributed by atoms with van der Waals surface area (Å²) < 4.78 is 70.0. The van der Waals surface area contributed by atoms with E-state index < -0.39 is 281 Å². The summed E-state index contributed by atoms with van der Waals surface area (Å²) in [5.74, 6) is -2.54. The van der Waals surface area contributed by atoms with E-state index in [-0.39, 0.29) is 30.6 Å². The highest BCUT2D eigenvalue weighted by Crippen LogP contribution is 2.76. The van der Waals surface area contributed by atoms with Crippen molar-refractivity contribution in [3.63, 3.8) is 0 Å². The summed E-state index contributed by atoms with van der Waals surface area (Å²) in [5, 5.41) is 232. The zero-order chi connectivity index (χ0) is 71.6. The second-order valence-electron chi connectivity index (χ2n) is 31.1. The van der Waals surface area contributed by atoms with Gasteiger partial charge in [-0.05, 0) is 97.7 Å². The number of allylic oxidation sites excluding steroid dienone is 2. The molecule has 10 fully saturated rings. The third-order valence-corrected chi connectivity index (χ3v) is 25.0. The van der Waals surface area contributed by atoms with Crippen LogP contribution in [0.3, 0.4) is 0 Å². The number of aliphatic hydroxyl groups excluding tert-OH is 21. The average molecular weight is 1420 g/mol. The van der Waals surface area contributed by atoms with Crippen LogP contribution in [-0.4, -0.2) is 350 Å². The van der Waals surface area contributed by atoms with E-state index in [2.05, 4.69) is 33.8 Å². The maximum absolute atomic E-state index is 15.5.